The number of carbonyl (C=O) groups is 1. The van der Waals surface area contributed by atoms with Crippen molar-refractivity contribution < 1.29 is 9.53 Å². The van der Waals surface area contributed by atoms with E-state index in [0.717, 1.165) is 37.4 Å². The van der Waals surface area contributed by atoms with Gasteiger partial charge < -0.3 is 15.0 Å². The number of amides is 1. The van der Waals surface area contributed by atoms with Crippen molar-refractivity contribution in [3.63, 3.8) is 0 Å². The van der Waals surface area contributed by atoms with Crippen molar-refractivity contribution in [2.75, 3.05) is 18.0 Å². The fourth-order valence-corrected chi connectivity index (χ4v) is 2.57. The van der Waals surface area contributed by atoms with E-state index < -0.39 is 5.60 Å². The van der Waals surface area contributed by atoms with Gasteiger partial charge in [0.15, 0.2) is 0 Å². The van der Waals surface area contributed by atoms with Gasteiger partial charge in [0, 0.05) is 31.0 Å². The molecule has 6 nitrogen and oxygen atoms in total. The van der Waals surface area contributed by atoms with Crippen molar-refractivity contribution in [3.05, 3.63) is 18.0 Å². The van der Waals surface area contributed by atoms with Crippen LogP contribution in [0.15, 0.2) is 12.3 Å². The summed E-state index contributed by atoms with van der Waals surface area (Å²) in [6, 6.07) is 2.10. The molecule has 0 bridgehead atoms. The molecule has 0 aliphatic carbocycles. The topological polar surface area (TPSA) is 67.4 Å². The van der Waals surface area contributed by atoms with E-state index in [1.807, 2.05) is 33.8 Å². The number of rotatable bonds is 3. The van der Waals surface area contributed by atoms with Gasteiger partial charge in [0.2, 0.25) is 5.95 Å². The van der Waals surface area contributed by atoms with Gasteiger partial charge in [-0.25, -0.2) is 14.8 Å². The first-order valence-corrected chi connectivity index (χ1v) is 7.88. The minimum atomic E-state index is -0.476. The van der Waals surface area contributed by atoms with Crippen LogP contribution in [0.5, 0.6) is 0 Å². The highest BCUT2D eigenvalue weighted by Gasteiger charge is 2.26. The molecule has 0 radical (unpaired) electrons. The fourth-order valence-electron chi connectivity index (χ4n) is 2.57. The van der Waals surface area contributed by atoms with Crippen LogP contribution in [0.2, 0.25) is 0 Å². The number of carbonyl (C=O) groups excluding carboxylic acids is 1. The van der Waals surface area contributed by atoms with Gasteiger partial charge in [0.1, 0.15) is 5.60 Å². The van der Waals surface area contributed by atoms with Gasteiger partial charge in [-0.05, 0) is 53.0 Å². The molecule has 6 heteroatoms. The molecule has 1 N–H and O–H groups in total. The number of hydrogen-bond donors (Lipinski definition) is 1. The monoisotopic (exact) mass is 306 g/mol. The van der Waals surface area contributed by atoms with E-state index in [1.54, 1.807) is 6.20 Å². The van der Waals surface area contributed by atoms with Crippen molar-refractivity contribution in [1.82, 2.24) is 15.3 Å². The number of ether oxygens (including phenoxy) is 1. The molecule has 1 aliphatic heterocycles. The summed E-state index contributed by atoms with van der Waals surface area (Å²) in [5.74, 6) is 0.746. The van der Waals surface area contributed by atoms with Crippen LogP contribution in [0.25, 0.3) is 0 Å². The van der Waals surface area contributed by atoms with E-state index in [9.17, 15) is 4.79 Å². The van der Waals surface area contributed by atoms with Crippen LogP contribution in [0, 0.1) is 6.92 Å². The van der Waals surface area contributed by atoms with Crippen LogP contribution in [0.3, 0.4) is 0 Å². The predicted molar refractivity (Wildman–Crippen MR) is 86.0 cm³/mol. The second-order valence-corrected chi connectivity index (χ2v) is 6.72. The molecular formula is C16H26N4O2. The highest BCUT2D eigenvalue weighted by molar-refractivity contribution is 5.67. The average molecular weight is 306 g/mol. The molecule has 0 spiro atoms. The van der Waals surface area contributed by atoms with Gasteiger partial charge in [0.05, 0.1) is 0 Å². The SMILES string of the molecule is Cc1ccnc(N2CCCCC2CNC(=O)OC(C)(C)C)n1. The average Bonchev–Trinajstić information content (AvgIpc) is 2.44. The van der Waals surface area contributed by atoms with Gasteiger partial charge in [0.25, 0.3) is 0 Å². The summed E-state index contributed by atoms with van der Waals surface area (Å²) in [7, 11) is 0. The fraction of sp³-hybridized carbons (Fsp3) is 0.688. The Morgan fingerprint density at radius 2 is 2.23 bits per heavy atom. The summed E-state index contributed by atoms with van der Waals surface area (Å²) in [5.41, 5.74) is 0.477. The number of nitrogens with one attached hydrogen (secondary N) is 1. The number of anilines is 1. The highest BCUT2D eigenvalue weighted by atomic mass is 16.6. The van der Waals surface area contributed by atoms with Crippen LogP contribution >= 0.6 is 0 Å². The molecule has 1 saturated heterocycles. The summed E-state index contributed by atoms with van der Waals surface area (Å²) in [4.78, 5) is 22.9. The molecule has 0 saturated carbocycles. The number of alkyl carbamates (subject to hydrolysis) is 1. The molecular weight excluding hydrogens is 280 g/mol. The lowest BCUT2D eigenvalue weighted by Crippen LogP contribution is -2.48. The molecule has 2 rings (SSSR count). The Labute approximate surface area is 132 Å². The maximum absolute atomic E-state index is 11.8. The Morgan fingerprint density at radius 3 is 2.91 bits per heavy atom. The first-order chi connectivity index (χ1) is 10.3. The van der Waals surface area contributed by atoms with Crippen LogP contribution in [0.1, 0.15) is 45.7 Å². The van der Waals surface area contributed by atoms with E-state index in [2.05, 4.69) is 20.2 Å². The molecule has 122 valence electrons. The second-order valence-electron chi connectivity index (χ2n) is 6.72. The van der Waals surface area contributed by atoms with Crippen LogP contribution in [-0.2, 0) is 4.74 Å². The number of nitrogens with zero attached hydrogens (tertiary/aromatic N) is 3. The van der Waals surface area contributed by atoms with Gasteiger partial charge in [-0.3, -0.25) is 0 Å². The van der Waals surface area contributed by atoms with E-state index >= 15 is 0 Å². The zero-order valence-corrected chi connectivity index (χ0v) is 13.9. The standard InChI is InChI=1S/C16H26N4O2/c1-12-8-9-17-14(19-12)20-10-6-5-7-13(20)11-18-15(21)22-16(2,3)4/h8-9,13H,5-7,10-11H2,1-4H3,(H,18,21). The second kappa shape index (κ2) is 6.94. The Bertz CT molecular complexity index is 513. The largest absolute Gasteiger partial charge is 0.444 e. The first-order valence-electron chi connectivity index (χ1n) is 7.88. The molecule has 1 fully saturated rings. The Balaban J connectivity index is 1.97. The Hall–Kier alpha value is -1.85. The number of aryl methyl sites for hydroxylation is 1. The molecule has 0 aromatic carbocycles. The number of aromatic nitrogens is 2. The zero-order valence-electron chi connectivity index (χ0n) is 13.9. The Morgan fingerprint density at radius 1 is 1.45 bits per heavy atom. The molecule has 22 heavy (non-hydrogen) atoms. The van der Waals surface area contributed by atoms with Crippen molar-refractivity contribution in [1.29, 1.82) is 0 Å². The quantitative estimate of drug-likeness (QED) is 0.930. The van der Waals surface area contributed by atoms with Gasteiger partial charge in [-0.1, -0.05) is 0 Å². The molecule has 1 aromatic rings. The molecule has 1 aliphatic rings. The molecule has 2 heterocycles. The van der Waals surface area contributed by atoms with Gasteiger partial charge in [-0.2, -0.15) is 0 Å². The molecule has 1 amide bonds. The molecule has 1 aromatic heterocycles. The normalized spacial score (nSPS) is 18.9. The minimum Gasteiger partial charge on any atom is -0.444 e. The summed E-state index contributed by atoms with van der Waals surface area (Å²) in [5, 5.41) is 2.86. The van der Waals surface area contributed by atoms with Crippen LogP contribution < -0.4 is 10.2 Å². The van der Waals surface area contributed by atoms with E-state index in [-0.39, 0.29) is 12.1 Å². The third kappa shape index (κ3) is 4.86. The maximum Gasteiger partial charge on any atom is 0.407 e. The van der Waals surface area contributed by atoms with E-state index in [1.165, 1.54) is 0 Å². The smallest absolute Gasteiger partial charge is 0.407 e. The summed E-state index contributed by atoms with van der Waals surface area (Å²) >= 11 is 0. The van der Waals surface area contributed by atoms with E-state index in [0.29, 0.717) is 6.54 Å². The third-order valence-corrected chi connectivity index (χ3v) is 3.55. The van der Waals surface area contributed by atoms with Gasteiger partial charge in [-0.15, -0.1) is 0 Å². The minimum absolute atomic E-state index is 0.211. The molecule has 1 atom stereocenters. The number of hydrogen-bond acceptors (Lipinski definition) is 5. The summed E-state index contributed by atoms with van der Waals surface area (Å²) in [6.07, 6.45) is 4.71. The first kappa shape index (κ1) is 16.5. The van der Waals surface area contributed by atoms with Crippen molar-refractivity contribution >= 4 is 12.0 Å². The predicted octanol–water partition coefficient (Wildman–Crippen LogP) is 2.67. The van der Waals surface area contributed by atoms with Gasteiger partial charge >= 0.3 is 6.09 Å². The highest BCUT2D eigenvalue weighted by Crippen LogP contribution is 2.21. The van der Waals surface area contributed by atoms with Crippen LogP contribution in [0.4, 0.5) is 10.7 Å². The van der Waals surface area contributed by atoms with Crippen molar-refractivity contribution in [2.45, 2.75) is 58.6 Å². The lowest BCUT2D eigenvalue weighted by atomic mass is 10.0. The van der Waals surface area contributed by atoms with E-state index in [4.69, 9.17) is 4.74 Å². The maximum atomic E-state index is 11.8. The summed E-state index contributed by atoms with van der Waals surface area (Å²) in [6.45, 7) is 9.01. The lowest BCUT2D eigenvalue weighted by Gasteiger charge is -2.36. The molecule has 1 unspecified atom stereocenters. The zero-order chi connectivity index (χ0) is 16.2. The third-order valence-electron chi connectivity index (χ3n) is 3.55. The van der Waals surface area contributed by atoms with Crippen LogP contribution in [-0.4, -0.2) is 40.8 Å². The lowest BCUT2D eigenvalue weighted by molar-refractivity contribution is 0.0522. The number of piperidine rings is 1. The Kier molecular flexibility index (Phi) is 5.21. The summed E-state index contributed by atoms with van der Waals surface area (Å²) < 4.78 is 5.29. The van der Waals surface area contributed by atoms with Crippen molar-refractivity contribution in [3.8, 4) is 0 Å². The van der Waals surface area contributed by atoms with Crippen molar-refractivity contribution in [2.24, 2.45) is 0 Å².